The zero-order valence-corrected chi connectivity index (χ0v) is 44.0. The zero-order valence-electron chi connectivity index (χ0n) is 44.0. The summed E-state index contributed by atoms with van der Waals surface area (Å²) in [6.07, 6.45) is 44.6. The van der Waals surface area contributed by atoms with Gasteiger partial charge in [0.15, 0.2) is 18.4 Å². The molecule has 0 bridgehead atoms. The van der Waals surface area contributed by atoms with E-state index in [0.717, 1.165) is 57.8 Å². The fourth-order valence-corrected chi connectivity index (χ4v) is 9.36. The van der Waals surface area contributed by atoms with Crippen molar-refractivity contribution in [3.05, 3.63) is 12.2 Å². The number of primary amides is 1. The van der Waals surface area contributed by atoms with E-state index in [-0.39, 0.29) is 37.7 Å². The lowest BCUT2D eigenvalue weighted by molar-refractivity contribution is -0.169. The molecule has 0 aliphatic carbocycles. The van der Waals surface area contributed by atoms with E-state index >= 15 is 0 Å². The second kappa shape index (κ2) is 42.8. The Bertz CT molecular complexity index is 1390. The van der Waals surface area contributed by atoms with Crippen molar-refractivity contribution in [2.45, 2.75) is 315 Å². The number of rotatable bonds is 48. The summed E-state index contributed by atoms with van der Waals surface area (Å²) in [7, 11) is 0. The lowest BCUT2D eigenvalue weighted by Gasteiger charge is -2.24. The predicted molar refractivity (Wildman–Crippen MR) is 274 cm³/mol. The molecular weight excluding hydrogens is 857 g/mol. The standard InChI is InChI=1S/C56H102N4O8/c1-4-7-10-13-16-19-22-25-28-31-34-37-40-43-49(61)65-46-48-52(67-50(62)44-41-38-35-32-29-26-23-20-17-14-11-8-5-2)53(56(66-48)60-47-58-55(59-60)54(57)64)68-51(63)45-42-39-36-33-30-27-24-21-18-15-12-9-6-3/h47-48,52-53,56H,4-46H2,1-3H3,(H2,57,64)/t48-,52-,53-,56-/m1/s1. The first-order valence-corrected chi connectivity index (χ1v) is 28.7. The van der Waals surface area contributed by atoms with Gasteiger partial charge < -0.3 is 24.7 Å². The van der Waals surface area contributed by atoms with Crippen LogP contribution in [0.15, 0.2) is 6.33 Å². The minimum Gasteiger partial charge on any atom is -0.463 e. The molecule has 68 heavy (non-hydrogen) atoms. The highest BCUT2D eigenvalue weighted by molar-refractivity contribution is 5.88. The third-order valence-electron chi connectivity index (χ3n) is 13.7. The van der Waals surface area contributed by atoms with Crippen LogP contribution in [0, 0.1) is 0 Å². The minimum absolute atomic E-state index is 0.198. The van der Waals surface area contributed by atoms with Crippen molar-refractivity contribution < 1.29 is 38.1 Å². The highest BCUT2D eigenvalue weighted by Crippen LogP contribution is 2.35. The molecule has 1 aliphatic rings. The maximum atomic E-state index is 13.5. The number of carbonyl (C=O) groups is 4. The molecule has 2 N–H and O–H groups in total. The Hall–Kier alpha value is -3.02. The summed E-state index contributed by atoms with van der Waals surface area (Å²) in [4.78, 5) is 56.0. The van der Waals surface area contributed by atoms with Crippen molar-refractivity contribution in [1.29, 1.82) is 0 Å². The van der Waals surface area contributed by atoms with Gasteiger partial charge in [-0.05, 0) is 19.3 Å². The van der Waals surface area contributed by atoms with Gasteiger partial charge in [0.25, 0.3) is 5.91 Å². The first kappa shape index (κ1) is 61.1. The Morgan fingerprint density at radius 1 is 0.471 bits per heavy atom. The number of esters is 3. The van der Waals surface area contributed by atoms with Crippen LogP contribution in [0.1, 0.15) is 307 Å². The molecule has 1 amide bonds. The molecule has 0 unspecified atom stereocenters. The summed E-state index contributed by atoms with van der Waals surface area (Å²) < 4.78 is 25.6. The molecule has 1 fully saturated rings. The topological polar surface area (TPSA) is 162 Å². The number of carbonyl (C=O) groups excluding carboxylic acids is 4. The number of hydrogen-bond donors (Lipinski definition) is 1. The van der Waals surface area contributed by atoms with E-state index in [9.17, 15) is 19.2 Å². The van der Waals surface area contributed by atoms with Gasteiger partial charge in [-0.1, -0.05) is 252 Å². The molecular formula is C56H102N4O8. The minimum atomic E-state index is -1.12. The number of ether oxygens (including phenoxy) is 4. The summed E-state index contributed by atoms with van der Waals surface area (Å²) >= 11 is 0. The van der Waals surface area contributed by atoms with Crippen LogP contribution in [-0.4, -0.2) is 63.5 Å². The Balaban J connectivity index is 1.94. The van der Waals surface area contributed by atoms with Crippen LogP contribution >= 0.6 is 0 Å². The van der Waals surface area contributed by atoms with Crippen molar-refractivity contribution >= 4 is 23.8 Å². The van der Waals surface area contributed by atoms with Gasteiger partial charge >= 0.3 is 17.9 Å². The van der Waals surface area contributed by atoms with Gasteiger partial charge in [0, 0.05) is 19.3 Å². The van der Waals surface area contributed by atoms with Crippen molar-refractivity contribution in [3.63, 3.8) is 0 Å². The van der Waals surface area contributed by atoms with E-state index in [2.05, 4.69) is 30.9 Å². The summed E-state index contributed by atoms with van der Waals surface area (Å²) in [6, 6.07) is 0. The average Bonchev–Trinajstić information content (AvgIpc) is 3.95. The maximum Gasteiger partial charge on any atom is 0.306 e. The molecule has 1 aromatic rings. The second-order valence-electron chi connectivity index (χ2n) is 20.0. The lowest BCUT2D eigenvalue weighted by atomic mass is 10.0. The SMILES string of the molecule is CCCCCCCCCCCCCCCC(=O)OC[C@H]1O[C@@H](n2cnc(C(N)=O)n2)[C@H](OC(=O)CCCCCCCCCCCCCCC)[C@@H]1OC(=O)CCCCCCCCCCCCCCC. The monoisotopic (exact) mass is 959 g/mol. The maximum absolute atomic E-state index is 13.5. The van der Waals surface area contributed by atoms with E-state index in [1.807, 2.05) is 0 Å². The predicted octanol–water partition coefficient (Wildman–Crippen LogP) is 15.1. The first-order chi connectivity index (χ1) is 33.3. The van der Waals surface area contributed by atoms with Crippen LogP contribution in [0.25, 0.3) is 0 Å². The molecule has 1 saturated heterocycles. The van der Waals surface area contributed by atoms with E-state index in [4.69, 9.17) is 24.7 Å². The van der Waals surface area contributed by atoms with E-state index in [0.29, 0.717) is 12.8 Å². The number of amides is 1. The van der Waals surface area contributed by atoms with Crippen molar-refractivity contribution in [1.82, 2.24) is 14.8 Å². The first-order valence-electron chi connectivity index (χ1n) is 28.7. The number of nitrogens with zero attached hydrogens (tertiary/aromatic N) is 3. The van der Waals surface area contributed by atoms with Crippen LogP contribution in [0.4, 0.5) is 0 Å². The molecule has 4 atom stereocenters. The fraction of sp³-hybridized carbons (Fsp3) is 0.893. The van der Waals surface area contributed by atoms with E-state index in [1.54, 1.807) is 0 Å². The summed E-state index contributed by atoms with van der Waals surface area (Å²) in [5, 5.41) is 4.21. The third kappa shape index (κ3) is 31.3. The average molecular weight is 959 g/mol. The van der Waals surface area contributed by atoms with E-state index in [1.165, 1.54) is 191 Å². The molecule has 0 aromatic carbocycles. The highest BCUT2D eigenvalue weighted by Gasteiger charge is 2.51. The van der Waals surface area contributed by atoms with Gasteiger partial charge in [-0.25, -0.2) is 9.67 Å². The molecule has 2 rings (SSSR count). The van der Waals surface area contributed by atoms with E-state index < -0.39 is 42.4 Å². The van der Waals surface area contributed by atoms with Gasteiger partial charge in [-0.2, -0.15) is 0 Å². The largest absolute Gasteiger partial charge is 0.463 e. The van der Waals surface area contributed by atoms with Crippen LogP contribution in [-0.2, 0) is 33.3 Å². The Morgan fingerprint density at radius 2 is 0.779 bits per heavy atom. The van der Waals surface area contributed by atoms with Crippen molar-refractivity contribution in [2.24, 2.45) is 5.73 Å². The molecule has 12 heteroatoms. The van der Waals surface area contributed by atoms with Crippen molar-refractivity contribution in [3.8, 4) is 0 Å². The normalized spacial score (nSPS) is 16.9. The Labute approximate surface area is 414 Å². The number of nitrogens with two attached hydrogens (primary N) is 1. The number of unbranched alkanes of at least 4 members (excludes halogenated alkanes) is 36. The zero-order chi connectivity index (χ0) is 49.1. The van der Waals surface area contributed by atoms with Gasteiger partial charge in [0.2, 0.25) is 5.82 Å². The molecule has 394 valence electrons. The second-order valence-corrected chi connectivity index (χ2v) is 20.0. The molecule has 1 aromatic heterocycles. The van der Waals surface area contributed by atoms with Crippen LogP contribution in [0.3, 0.4) is 0 Å². The van der Waals surface area contributed by atoms with Crippen LogP contribution in [0.2, 0.25) is 0 Å². The van der Waals surface area contributed by atoms with Gasteiger partial charge in [0.05, 0.1) is 0 Å². The van der Waals surface area contributed by atoms with Crippen LogP contribution < -0.4 is 5.73 Å². The molecule has 0 radical (unpaired) electrons. The summed E-state index contributed by atoms with van der Waals surface area (Å²) in [5.41, 5.74) is 5.48. The third-order valence-corrected chi connectivity index (χ3v) is 13.7. The molecule has 0 spiro atoms. The fourth-order valence-electron chi connectivity index (χ4n) is 9.36. The quantitative estimate of drug-likeness (QED) is 0.0378. The summed E-state index contributed by atoms with van der Waals surface area (Å²) in [6.45, 7) is 6.56. The number of aromatic nitrogens is 3. The Kier molecular flexibility index (Phi) is 38.5. The molecule has 1 aliphatic heterocycles. The van der Waals surface area contributed by atoms with Crippen LogP contribution in [0.5, 0.6) is 0 Å². The smallest absolute Gasteiger partial charge is 0.306 e. The van der Waals surface area contributed by atoms with Crippen molar-refractivity contribution in [2.75, 3.05) is 6.61 Å². The summed E-state index contributed by atoms with van der Waals surface area (Å²) in [5.74, 6) is -2.28. The lowest BCUT2D eigenvalue weighted by Crippen LogP contribution is -2.41. The van der Waals surface area contributed by atoms with Gasteiger partial charge in [-0.15, -0.1) is 5.10 Å². The molecule has 2 heterocycles. The number of hydrogen-bond acceptors (Lipinski definition) is 10. The molecule has 12 nitrogen and oxygen atoms in total. The molecule has 0 saturated carbocycles. The highest BCUT2D eigenvalue weighted by atomic mass is 16.7. The van der Waals surface area contributed by atoms with Gasteiger partial charge in [0.1, 0.15) is 19.0 Å². The Morgan fingerprint density at radius 3 is 1.10 bits per heavy atom. The van der Waals surface area contributed by atoms with Gasteiger partial charge in [-0.3, -0.25) is 19.2 Å².